The maximum atomic E-state index is 11.1. The van der Waals surface area contributed by atoms with Gasteiger partial charge in [-0.15, -0.1) is 0 Å². The number of halogens is 1. The van der Waals surface area contributed by atoms with Crippen molar-refractivity contribution in [2.75, 3.05) is 0 Å². The molecule has 5 nitrogen and oxygen atoms in total. The number of carbonyl (C=O) groups excluding carboxylic acids is 1. The van der Waals surface area contributed by atoms with Crippen LogP contribution in [0.5, 0.6) is 0 Å². The van der Waals surface area contributed by atoms with E-state index in [2.05, 4.69) is 6.07 Å². The van der Waals surface area contributed by atoms with Gasteiger partial charge in [-0.05, 0) is 41.5 Å². The highest BCUT2D eigenvalue weighted by Gasteiger charge is 2.11. The molecule has 0 aliphatic rings. The van der Waals surface area contributed by atoms with Crippen molar-refractivity contribution in [1.29, 1.82) is 5.26 Å². The largest absolute Gasteiger partial charge is 0.478 e. The van der Waals surface area contributed by atoms with Gasteiger partial charge in [0.1, 0.15) is 6.29 Å². The van der Waals surface area contributed by atoms with Crippen molar-refractivity contribution in [2.45, 2.75) is 6.54 Å². The Balaban J connectivity index is 1.77. The van der Waals surface area contributed by atoms with Crippen molar-refractivity contribution >= 4 is 46.4 Å². The van der Waals surface area contributed by atoms with E-state index >= 15 is 0 Å². The molecule has 0 unspecified atom stereocenters. The maximum Gasteiger partial charge on any atom is 0.335 e. The Morgan fingerprint density at radius 2 is 1.72 bits per heavy atom. The Bertz CT molecular complexity index is 1390. The highest BCUT2D eigenvalue weighted by molar-refractivity contribution is 6.31. The second-order valence-electron chi connectivity index (χ2n) is 7.29. The highest BCUT2D eigenvalue weighted by Crippen LogP contribution is 2.29. The number of nitrogens with zero attached hydrogens (tertiary/aromatic N) is 2. The minimum atomic E-state index is -1.01. The number of hydrogen-bond acceptors (Lipinski definition) is 3. The fourth-order valence-electron chi connectivity index (χ4n) is 3.57. The molecule has 0 bridgehead atoms. The van der Waals surface area contributed by atoms with Crippen LogP contribution in [0.15, 0.2) is 72.9 Å². The number of aromatic nitrogens is 1. The van der Waals surface area contributed by atoms with Crippen LogP contribution in [0.25, 0.3) is 22.6 Å². The van der Waals surface area contributed by atoms with Crippen molar-refractivity contribution in [3.05, 3.63) is 106 Å². The zero-order valence-corrected chi connectivity index (χ0v) is 17.6. The molecule has 0 amide bonds. The van der Waals surface area contributed by atoms with Gasteiger partial charge in [-0.2, -0.15) is 5.26 Å². The summed E-state index contributed by atoms with van der Waals surface area (Å²) in [7, 11) is 0. The molecule has 0 saturated heterocycles. The first kappa shape index (κ1) is 21.1. The molecule has 0 aliphatic heterocycles. The molecule has 3 aromatic carbocycles. The van der Waals surface area contributed by atoms with Crippen molar-refractivity contribution in [3.63, 3.8) is 0 Å². The van der Waals surface area contributed by atoms with Crippen LogP contribution in [-0.4, -0.2) is 21.9 Å². The average Bonchev–Trinajstić information content (AvgIpc) is 3.14. The van der Waals surface area contributed by atoms with Crippen LogP contribution in [0, 0.1) is 11.3 Å². The van der Waals surface area contributed by atoms with E-state index in [1.807, 2.05) is 35.0 Å². The number of rotatable bonds is 6. The lowest BCUT2D eigenvalue weighted by atomic mass is 10.0. The number of hydrogen-bond donors (Lipinski definition) is 1. The Kier molecular flexibility index (Phi) is 5.89. The molecule has 0 fully saturated rings. The van der Waals surface area contributed by atoms with Crippen molar-refractivity contribution in [1.82, 2.24) is 4.57 Å². The van der Waals surface area contributed by atoms with E-state index in [4.69, 9.17) is 16.7 Å². The number of aromatic carboxylic acids is 1. The Hall–Kier alpha value is -4.14. The standard InChI is InChI=1S/C26H17ClN2O3/c27-23-9-10-24-22(11-21(13-28)19-5-7-20(8-6-19)26(31)32)15-29(25(24)12-23)14-17-1-3-18(16-30)4-2-17/h1-12,15-16H,14H2,(H,31,32)/b21-11+. The molecule has 1 N–H and O–H groups in total. The van der Waals surface area contributed by atoms with Crippen LogP contribution < -0.4 is 0 Å². The van der Waals surface area contributed by atoms with Gasteiger partial charge in [-0.1, -0.05) is 54.1 Å². The quantitative estimate of drug-likeness (QED) is 0.298. The lowest BCUT2D eigenvalue weighted by Gasteiger charge is -2.06. The monoisotopic (exact) mass is 440 g/mol. The molecule has 4 rings (SSSR count). The van der Waals surface area contributed by atoms with Gasteiger partial charge < -0.3 is 9.67 Å². The smallest absolute Gasteiger partial charge is 0.335 e. The van der Waals surface area contributed by atoms with Gasteiger partial charge in [-0.3, -0.25) is 4.79 Å². The average molecular weight is 441 g/mol. The van der Waals surface area contributed by atoms with E-state index in [-0.39, 0.29) is 5.56 Å². The summed E-state index contributed by atoms with van der Waals surface area (Å²) < 4.78 is 2.05. The molecule has 1 heterocycles. The van der Waals surface area contributed by atoms with Gasteiger partial charge in [-0.25, -0.2) is 4.79 Å². The summed E-state index contributed by atoms with van der Waals surface area (Å²) >= 11 is 6.24. The zero-order chi connectivity index (χ0) is 22.7. The first-order valence-corrected chi connectivity index (χ1v) is 10.1. The van der Waals surface area contributed by atoms with Crippen LogP contribution in [0.4, 0.5) is 0 Å². The van der Waals surface area contributed by atoms with E-state index < -0.39 is 5.97 Å². The van der Waals surface area contributed by atoms with Crippen molar-refractivity contribution < 1.29 is 14.7 Å². The number of allylic oxidation sites excluding steroid dienone is 1. The number of carbonyl (C=O) groups is 2. The molecular formula is C26H17ClN2O3. The molecule has 156 valence electrons. The third-order valence-electron chi connectivity index (χ3n) is 5.21. The first-order chi connectivity index (χ1) is 15.5. The molecule has 0 spiro atoms. The molecule has 6 heteroatoms. The summed E-state index contributed by atoms with van der Waals surface area (Å²) in [6.45, 7) is 0.568. The fourth-order valence-corrected chi connectivity index (χ4v) is 3.73. The van der Waals surface area contributed by atoms with E-state index in [0.29, 0.717) is 28.3 Å². The number of carboxylic acid groups (broad SMARTS) is 1. The molecule has 0 aliphatic carbocycles. The van der Waals surface area contributed by atoms with Crippen LogP contribution in [0.3, 0.4) is 0 Å². The number of fused-ring (bicyclic) bond motifs is 1. The summed E-state index contributed by atoms with van der Waals surface area (Å²) in [6.07, 6.45) is 4.56. The molecule has 0 saturated carbocycles. The Morgan fingerprint density at radius 1 is 1.03 bits per heavy atom. The normalized spacial score (nSPS) is 11.3. The van der Waals surface area contributed by atoms with Crippen LogP contribution in [0.1, 0.15) is 37.4 Å². The minimum Gasteiger partial charge on any atom is -0.478 e. The van der Waals surface area contributed by atoms with Gasteiger partial charge in [0.15, 0.2) is 0 Å². The highest BCUT2D eigenvalue weighted by atomic mass is 35.5. The maximum absolute atomic E-state index is 11.1. The van der Waals surface area contributed by atoms with E-state index in [1.54, 1.807) is 36.4 Å². The molecular weight excluding hydrogens is 424 g/mol. The van der Waals surface area contributed by atoms with Gasteiger partial charge in [0.25, 0.3) is 0 Å². The summed E-state index contributed by atoms with van der Waals surface area (Å²) in [5.41, 5.74) is 4.63. The van der Waals surface area contributed by atoms with E-state index in [1.165, 1.54) is 12.1 Å². The summed E-state index contributed by atoms with van der Waals surface area (Å²) in [5, 5.41) is 20.4. The third-order valence-corrected chi connectivity index (χ3v) is 5.44. The predicted octanol–water partition coefficient (Wildman–Crippen LogP) is 5.92. The second kappa shape index (κ2) is 8.93. The van der Waals surface area contributed by atoms with Gasteiger partial charge in [0, 0.05) is 34.3 Å². The summed E-state index contributed by atoms with van der Waals surface area (Å²) in [6, 6.07) is 21.4. The number of aldehydes is 1. The predicted molar refractivity (Wildman–Crippen MR) is 125 cm³/mol. The van der Waals surface area contributed by atoms with Crippen molar-refractivity contribution in [3.8, 4) is 6.07 Å². The van der Waals surface area contributed by atoms with Gasteiger partial charge in [0.05, 0.1) is 22.7 Å². The lowest BCUT2D eigenvalue weighted by Crippen LogP contribution is -1.98. The second-order valence-corrected chi connectivity index (χ2v) is 7.72. The number of nitriles is 1. The topological polar surface area (TPSA) is 83.1 Å². The summed E-state index contributed by atoms with van der Waals surface area (Å²) in [4.78, 5) is 22.0. The molecule has 0 atom stereocenters. The Labute approximate surface area is 189 Å². The van der Waals surface area contributed by atoms with Crippen molar-refractivity contribution in [2.24, 2.45) is 0 Å². The molecule has 4 aromatic rings. The zero-order valence-electron chi connectivity index (χ0n) is 16.8. The molecule has 0 radical (unpaired) electrons. The van der Waals surface area contributed by atoms with E-state index in [9.17, 15) is 14.9 Å². The van der Waals surface area contributed by atoms with E-state index in [0.717, 1.165) is 28.3 Å². The fraction of sp³-hybridized carbons (Fsp3) is 0.0385. The van der Waals surface area contributed by atoms with Crippen LogP contribution in [0.2, 0.25) is 5.02 Å². The van der Waals surface area contributed by atoms with Crippen LogP contribution in [-0.2, 0) is 6.54 Å². The molecule has 32 heavy (non-hydrogen) atoms. The lowest BCUT2D eigenvalue weighted by molar-refractivity contribution is 0.0696. The SMILES string of the molecule is N#C/C(=C\c1cn(Cc2ccc(C=O)cc2)c2cc(Cl)ccc12)c1ccc(C(=O)O)cc1. The number of benzene rings is 3. The van der Waals surface area contributed by atoms with Gasteiger partial charge >= 0.3 is 5.97 Å². The number of carboxylic acids is 1. The first-order valence-electron chi connectivity index (χ1n) is 9.76. The molecule has 1 aromatic heterocycles. The Morgan fingerprint density at radius 3 is 2.34 bits per heavy atom. The minimum absolute atomic E-state index is 0.165. The third kappa shape index (κ3) is 4.31. The van der Waals surface area contributed by atoms with Gasteiger partial charge in [0.2, 0.25) is 0 Å². The summed E-state index contributed by atoms with van der Waals surface area (Å²) in [5.74, 6) is -1.01. The van der Waals surface area contributed by atoms with Crippen LogP contribution >= 0.6 is 11.6 Å².